The summed E-state index contributed by atoms with van der Waals surface area (Å²) >= 11 is 0. The van der Waals surface area contributed by atoms with E-state index in [1.165, 1.54) is 0 Å². The van der Waals surface area contributed by atoms with Crippen LogP contribution in [0.15, 0.2) is 12.3 Å². The highest BCUT2D eigenvalue weighted by molar-refractivity contribution is 5.35. The van der Waals surface area contributed by atoms with Crippen molar-refractivity contribution in [3.05, 3.63) is 29.3 Å². The van der Waals surface area contributed by atoms with E-state index in [4.69, 9.17) is 0 Å². The minimum atomic E-state index is -0.338. The van der Waals surface area contributed by atoms with Crippen LogP contribution in [0.3, 0.4) is 0 Å². The van der Waals surface area contributed by atoms with Crippen LogP contribution in [0, 0.1) is 5.95 Å². The SMILES string of the molecule is CC(C)(C)c1ccnc(F)c1C(C)(C)C. The molecule has 84 valence electrons. The van der Waals surface area contributed by atoms with Crippen molar-refractivity contribution >= 4 is 0 Å². The van der Waals surface area contributed by atoms with Crippen LogP contribution >= 0.6 is 0 Å². The van der Waals surface area contributed by atoms with Crippen LogP contribution in [-0.4, -0.2) is 4.98 Å². The lowest BCUT2D eigenvalue weighted by Gasteiger charge is -2.29. The maximum atomic E-state index is 13.8. The van der Waals surface area contributed by atoms with E-state index < -0.39 is 0 Å². The molecule has 15 heavy (non-hydrogen) atoms. The molecular weight excluding hydrogens is 189 g/mol. The van der Waals surface area contributed by atoms with Gasteiger partial charge < -0.3 is 0 Å². The van der Waals surface area contributed by atoms with Gasteiger partial charge in [-0.1, -0.05) is 41.5 Å². The molecule has 0 unspecified atom stereocenters. The van der Waals surface area contributed by atoms with Gasteiger partial charge in [-0.3, -0.25) is 0 Å². The molecule has 1 aromatic heterocycles. The fourth-order valence-corrected chi connectivity index (χ4v) is 1.77. The molecule has 0 aliphatic carbocycles. The van der Waals surface area contributed by atoms with Gasteiger partial charge in [0.15, 0.2) is 0 Å². The Hall–Kier alpha value is -0.920. The van der Waals surface area contributed by atoms with Crippen molar-refractivity contribution < 1.29 is 4.39 Å². The highest BCUT2D eigenvalue weighted by atomic mass is 19.1. The molecule has 1 rings (SSSR count). The first-order valence-electron chi connectivity index (χ1n) is 5.29. The fourth-order valence-electron chi connectivity index (χ4n) is 1.77. The van der Waals surface area contributed by atoms with Crippen molar-refractivity contribution in [2.75, 3.05) is 0 Å². The summed E-state index contributed by atoms with van der Waals surface area (Å²) in [7, 11) is 0. The highest BCUT2D eigenvalue weighted by Gasteiger charge is 2.28. The number of halogens is 1. The minimum absolute atomic E-state index is 0.0492. The van der Waals surface area contributed by atoms with E-state index in [1.54, 1.807) is 6.20 Å². The third-order valence-corrected chi connectivity index (χ3v) is 2.46. The molecule has 0 radical (unpaired) electrons. The van der Waals surface area contributed by atoms with Gasteiger partial charge in [0.25, 0.3) is 0 Å². The summed E-state index contributed by atoms with van der Waals surface area (Å²) in [6.45, 7) is 12.3. The summed E-state index contributed by atoms with van der Waals surface area (Å²) in [5.41, 5.74) is 1.52. The normalized spacial score (nSPS) is 13.0. The Balaban J connectivity index is 3.48. The number of nitrogens with zero attached hydrogens (tertiary/aromatic N) is 1. The van der Waals surface area contributed by atoms with Crippen LogP contribution in [0.2, 0.25) is 0 Å². The average Bonchev–Trinajstić information content (AvgIpc) is 1.99. The zero-order chi connectivity index (χ0) is 11.9. The molecule has 0 bridgehead atoms. The zero-order valence-corrected chi connectivity index (χ0v) is 10.5. The Morgan fingerprint density at radius 2 is 1.53 bits per heavy atom. The minimum Gasteiger partial charge on any atom is -0.228 e. The second-order valence-electron chi connectivity index (χ2n) is 6.02. The van der Waals surface area contributed by atoms with Crippen molar-refractivity contribution in [3.63, 3.8) is 0 Å². The Kier molecular flexibility index (Phi) is 2.90. The van der Waals surface area contributed by atoms with Gasteiger partial charge in [0.1, 0.15) is 0 Å². The molecule has 2 heteroatoms. The van der Waals surface area contributed by atoms with Gasteiger partial charge in [-0.15, -0.1) is 0 Å². The van der Waals surface area contributed by atoms with E-state index in [-0.39, 0.29) is 16.8 Å². The Morgan fingerprint density at radius 3 is 1.87 bits per heavy atom. The molecule has 0 spiro atoms. The van der Waals surface area contributed by atoms with E-state index in [9.17, 15) is 4.39 Å². The number of aromatic nitrogens is 1. The quantitative estimate of drug-likeness (QED) is 0.592. The Labute approximate surface area is 91.7 Å². The second kappa shape index (κ2) is 3.58. The summed E-state index contributed by atoms with van der Waals surface area (Å²) in [5, 5.41) is 0. The summed E-state index contributed by atoms with van der Waals surface area (Å²) in [6.07, 6.45) is 1.55. The number of hydrogen-bond donors (Lipinski definition) is 0. The molecule has 0 saturated heterocycles. The number of rotatable bonds is 0. The zero-order valence-electron chi connectivity index (χ0n) is 10.5. The maximum Gasteiger partial charge on any atom is 0.216 e. The molecule has 1 aromatic rings. The van der Waals surface area contributed by atoms with Crippen molar-refractivity contribution in [1.29, 1.82) is 0 Å². The van der Waals surface area contributed by atoms with E-state index >= 15 is 0 Å². The van der Waals surface area contributed by atoms with Gasteiger partial charge in [0, 0.05) is 11.8 Å². The lowest BCUT2D eigenvalue weighted by atomic mass is 9.76. The molecule has 1 nitrogen and oxygen atoms in total. The second-order valence-corrected chi connectivity index (χ2v) is 6.02. The molecule has 0 saturated carbocycles. The molecule has 0 aromatic carbocycles. The molecule has 0 amide bonds. The van der Waals surface area contributed by atoms with E-state index in [1.807, 2.05) is 26.8 Å². The predicted molar refractivity (Wildman–Crippen MR) is 61.6 cm³/mol. The summed E-state index contributed by atoms with van der Waals surface area (Å²) in [6, 6.07) is 1.92. The lowest BCUT2D eigenvalue weighted by Crippen LogP contribution is -2.24. The van der Waals surface area contributed by atoms with Crippen LogP contribution in [0.4, 0.5) is 4.39 Å². The van der Waals surface area contributed by atoms with Crippen molar-refractivity contribution in [2.45, 2.75) is 52.4 Å². The van der Waals surface area contributed by atoms with Crippen LogP contribution in [0.25, 0.3) is 0 Å². The van der Waals surface area contributed by atoms with E-state index in [0.29, 0.717) is 0 Å². The van der Waals surface area contributed by atoms with Gasteiger partial charge in [-0.25, -0.2) is 4.98 Å². The first-order chi connectivity index (χ1) is 6.64. The maximum absolute atomic E-state index is 13.8. The standard InChI is InChI=1S/C13H20FN/c1-12(2,3)9-7-8-15-11(14)10(9)13(4,5)6/h7-8H,1-6H3. The van der Waals surface area contributed by atoms with Gasteiger partial charge in [0.2, 0.25) is 5.95 Å². The van der Waals surface area contributed by atoms with Gasteiger partial charge >= 0.3 is 0 Å². The van der Waals surface area contributed by atoms with Crippen LogP contribution < -0.4 is 0 Å². The average molecular weight is 209 g/mol. The monoisotopic (exact) mass is 209 g/mol. The van der Waals surface area contributed by atoms with Gasteiger partial charge in [0.05, 0.1) is 0 Å². The third-order valence-electron chi connectivity index (χ3n) is 2.46. The number of hydrogen-bond acceptors (Lipinski definition) is 1. The smallest absolute Gasteiger partial charge is 0.216 e. The molecule has 0 aliphatic rings. The van der Waals surface area contributed by atoms with Crippen LogP contribution in [0.1, 0.15) is 52.7 Å². The summed E-state index contributed by atoms with van der Waals surface area (Å²) in [4.78, 5) is 3.75. The largest absolute Gasteiger partial charge is 0.228 e. The Morgan fingerprint density at radius 1 is 1.00 bits per heavy atom. The lowest BCUT2D eigenvalue weighted by molar-refractivity contribution is 0.469. The fraction of sp³-hybridized carbons (Fsp3) is 0.615. The molecule has 0 N–H and O–H groups in total. The third kappa shape index (κ3) is 2.55. The number of pyridine rings is 1. The molecule has 0 fully saturated rings. The molecule has 0 aliphatic heterocycles. The molecule has 0 atom stereocenters. The van der Waals surface area contributed by atoms with Crippen LogP contribution in [-0.2, 0) is 10.8 Å². The first kappa shape index (κ1) is 12.2. The van der Waals surface area contributed by atoms with Crippen LogP contribution in [0.5, 0.6) is 0 Å². The molecule has 1 heterocycles. The topological polar surface area (TPSA) is 12.9 Å². The van der Waals surface area contributed by atoms with E-state index in [0.717, 1.165) is 11.1 Å². The van der Waals surface area contributed by atoms with Crippen molar-refractivity contribution in [2.24, 2.45) is 0 Å². The van der Waals surface area contributed by atoms with Crippen molar-refractivity contribution in [1.82, 2.24) is 4.98 Å². The van der Waals surface area contributed by atoms with Gasteiger partial charge in [-0.2, -0.15) is 4.39 Å². The van der Waals surface area contributed by atoms with Gasteiger partial charge in [-0.05, 0) is 22.5 Å². The summed E-state index contributed by atoms with van der Waals surface area (Å²) in [5.74, 6) is -0.338. The summed E-state index contributed by atoms with van der Waals surface area (Å²) < 4.78 is 13.8. The highest BCUT2D eigenvalue weighted by Crippen LogP contribution is 2.34. The molecular formula is C13H20FN. The Bertz CT molecular complexity index is 356. The van der Waals surface area contributed by atoms with Crippen molar-refractivity contribution in [3.8, 4) is 0 Å². The predicted octanol–water partition coefficient (Wildman–Crippen LogP) is 3.82. The van der Waals surface area contributed by atoms with E-state index in [2.05, 4.69) is 25.8 Å². The first-order valence-corrected chi connectivity index (χ1v) is 5.29.